The van der Waals surface area contributed by atoms with E-state index in [9.17, 15) is 0 Å². The minimum absolute atomic E-state index is 0.245. The molecule has 1 rings (SSSR count). The second kappa shape index (κ2) is 6.02. The molecule has 0 aromatic heterocycles. The van der Waals surface area contributed by atoms with E-state index in [-0.39, 0.29) is 5.54 Å². The fourth-order valence-electron chi connectivity index (χ4n) is 2.51. The van der Waals surface area contributed by atoms with Crippen molar-refractivity contribution in [2.45, 2.75) is 65.5 Å². The van der Waals surface area contributed by atoms with Crippen LogP contribution in [0.5, 0.6) is 0 Å². The van der Waals surface area contributed by atoms with E-state index in [0.29, 0.717) is 0 Å². The Labute approximate surface area is 102 Å². The third-order valence-electron chi connectivity index (χ3n) is 3.54. The van der Waals surface area contributed by atoms with E-state index >= 15 is 0 Å². The van der Waals surface area contributed by atoms with Crippen LogP contribution in [-0.4, -0.2) is 36.1 Å². The van der Waals surface area contributed by atoms with Crippen molar-refractivity contribution in [3.05, 3.63) is 0 Å². The Kier molecular flexibility index (Phi) is 5.26. The van der Waals surface area contributed by atoms with Crippen LogP contribution < -0.4 is 5.32 Å². The minimum atomic E-state index is 0.245. The van der Waals surface area contributed by atoms with Crippen LogP contribution in [0.3, 0.4) is 0 Å². The summed E-state index contributed by atoms with van der Waals surface area (Å²) in [4.78, 5) is 2.69. The van der Waals surface area contributed by atoms with Gasteiger partial charge in [-0.25, -0.2) is 0 Å². The van der Waals surface area contributed by atoms with Gasteiger partial charge in [-0.15, -0.1) is 0 Å². The number of nitrogens with zero attached hydrogens (tertiary/aromatic N) is 1. The molecule has 1 fully saturated rings. The largest absolute Gasteiger partial charge is 0.311 e. The molecule has 0 aliphatic carbocycles. The Morgan fingerprint density at radius 3 is 2.56 bits per heavy atom. The van der Waals surface area contributed by atoms with Crippen molar-refractivity contribution in [2.75, 3.05) is 19.6 Å². The lowest BCUT2D eigenvalue weighted by molar-refractivity contribution is 0.120. The molecular formula is C14H30N2. The topological polar surface area (TPSA) is 15.3 Å². The van der Waals surface area contributed by atoms with Crippen LogP contribution in [0.15, 0.2) is 0 Å². The number of hydrogen-bond donors (Lipinski definition) is 1. The molecule has 0 saturated carbocycles. The zero-order chi connectivity index (χ0) is 12.2. The van der Waals surface area contributed by atoms with Crippen molar-refractivity contribution in [2.24, 2.45) is 5.92 Å². The van der Waals surface area contributed by atoms with Crippen molar-refractivity contribution in [3.8, 4) is 0 Å². The second-order valence-corrected chi connectivity index (χ2v) is 6.44. The minimum Gasteiger partial charge on any atom is -0.311 e. The maximum absolute atomic E-state index is 3.64. The van der Waals surface area contributed by atoms with Gasteiger partial charge in [-0.3, -0.25) is 4.90 Å². The normalized spacial score (nSPS) is 25.7. The Morgan fingerprint density at radius 2 is 2.06 bits per heavy atom. The molecular weight excluding hydrogens is 196 g/mol. The first-order valence-electron chi connectivity index (χ1n) is 6.91. The molecule has 0 aromatic rings. The predicted octanol–water partition coefficient (Wildman–Crippen LogP) is 2.89. The van der Waals surface area contributed by atoms with E-state index in [1.165, 1.54) is 32.4 Å². The molecule has 16 heavy (non-hydrogen) atoms. The van der Waals surface area contributed by atoms with Crippen molar-refractivity contribution >= 4 is 0 Å². The fraction of sp³-hybridized carbons (Fsp3) is 1.00. The first kappa shape index (κ1) is 14.0. The highest BCUT2D eigenvalue weighted by atomic mass is 15.2. The molecule has 1 N–H and O–H groups in total. The molecule has 1 saturated heterocycles. The Morgan fingerprint density at radius 1 is 1.38 bits per heavy atom. The molecule has 0 amide bonds. The molecule has 1 aliphatic rings. The lowest BCUT2D eigenvalue weighted by atomic mass is 9.97. The van der Waals surface area contributed by atoms with Gasteiger partial charge in [0.2, 0.25) is 0 Å². The zero-order valence-electron chi connectivity index (χ0n) is 11.8. The molecule has 2 atom stereocenters. The van der Waals surface area contributed by atoms with E-state index in [1.54, 1.807) is 0 Å². The third-order valence-corrected chi connectivity index (χ3v) is 3.54. The number of hydrogen-bond acceptors (Lipinski definition) is 2. The lowest BCUT2D eigenvalue weighted by Gasteiger charge is -2.38. The van der Waals surface area contributed by atoms with Gasteiger partial charge in [0, 0.05) is 24.7 Å². The maximum Gasteiger partial charge on any atom is 0.0218 e. The summed E-state index contributed by atoms with van der Waals surface area (Å²) in [7, 11) is 0. The van der Waals surface area contributed by atoms with E-state index in [2.05, 4.69) is 44.8 Å². The van der Waals surface area contributed by atoms with Gasteiger partial charge in [-0.2, -0.15) is 0 Å². The Balaban J connectivity index is 2.40. The van der Waals surface area contributed by atoms with E-state index in [1.807, 2.05) is 0 Å². The first-order valence-corrected chi connectivity index (χ1v) is 6.91. The number of likely N-dealkylation sites (tertiary alicyclic amines) is 1. The highest BCUT2D eigenvalue weighted by Gasteiger charge is 2.23. The smallest absolute Gasteiger partial charge is 0.0218 e. The maximum atomic E-state index is 3.64. The van der Waals surface area contributed by atoms with E-state index in [0.717, 1.165) is 18.5 Å². The van der Waals surface area contributed by atoms with Gasteiger partial charge in [0.05, 0.1) is 0 Å². The average Bonchev–Trinajstić information content (AvgIpc) is 2.17. The molecule has 2 heteroatoms. The van der Waals surface area contributed by atoms with Crippen LogP contribution in [0, 0.1) is 5.92 Å². The molecule has 0 radical (unpaired) electrons. The summed E-state index contributed by atoms with van der Waals surface area (Å²) in [6.45, 7) is 15.2. The first-order chi connectivity index (χ1) is 7.42. The van der Waals surface area contributed by atoms with Crippen molar-refractivity contribution in [1.29, 1.82) is 0 Å². The molecule has 2 nitrogen and oxygen atoms in total. The van der Waals surface area contributed by atoms with Gasteiger partial charge in [0.15, 0.2) is 0 Å². The summed E-state index contributed by atoms with van der Waals surface area (Å²) in [5.41, 5.74) is 0.245. The van der Waals surface area contributed by atoms with Gasteiger partial charge >= 0.3 is 0 Å². The summed E-state index contributed by atoms with van der Waals surface area (Å²) in [6, 6.07) is 0.724. The van der Waals surface area contributed by atoms with E-state index in [4.69, 9.17) is 0 Å². The molecule has 0 bridgehead atoms. The van der Waals surface area contributed by atoms with Gasteiger partial charge in [0.1, 0.15) is 0 Å². The summed E-state index contributed by atoms with van der Waals surface area (Å²) >= 11 is 0. The quantitative estimate of drug-likeness (QED) is 0.793. The zero-order valence-corrected chi connectivity index (χ0v) is 11.8. The summed E-state index contributed by atoms with van der Waals surface area (Å²) in [6.07, 6.45) is 4.06. The van der Waals surface area contributed by atoms with Crippen molar-refractivity contribution in [1.82, 2.24) is 10.2 Å². The number of nitrogens with one attached hydrogen (secondary N) is 1. The number of piperidine rings is 1. The van der Waals surface area contributed by atoms with Gasteiger partial charge in [0.25, 0.3) is 0 Å². The summed E-state index contributed by atoms with van der Waals surface area (Å²) in [5.74, 6) is 0.887. The van der Waals surface area contributed by atoms with Gasteiger partial charge in [-0.05, 0) is 52.5 Å². The summed E-state index contributed by atoms with van der Waals surface area (Å²) in [5, 5.41) is 3.64. The molecule has 0 aromatic carbocycles. The molecule has 1 aliphatic heterocycles. The van der Waals surface area contributed by atoms with E-state index < -0.39 is 0 Å². The Hall–Kier alpha value is -0.0800. The molecule has 96 valence electrons. The van der Waals surface area contributed by atoms with Gasteiger partial charge < -0.3 is 5.32 Å². The highest BCUT2D eigenvalue weighted by molar-refractivity contribution is 4.81. The van der Waals surface area contributed by atoms with Crippen LogP contribution in [0.1, 0.15) is 53.9 Å². The second-order valence-electron chi connectivity index (χ2n) is 6.44. The van der Waals surface area contributed by atoms with Gasteiger partial charge in [-0.1, -0.05) is 13.8 Å². The highest BCUT2D eigenvalue weighted by Crippen LogP contribution is 2.19. The molecule has 1 heterocycles. The predicted molar refractivity (Wildman–Crippen MR) is 71.8 cm³/mol. The van der Waals surface area contributed by atoms with Crippen LogP contribution in [0.4, 0.5) is 0 Å². The SMILES string of the molecule is CCC(CNC(C)(C)C)N1CCCC(C)C1. The standard InChI is InChI=1S/C14H30N2/c1-6-13(10-15-14(3,4)5)16-9-7-8-12(2)11-16/h12-13,15H,6-11H2,1-5H3. The van der Waals surface area contributed by atoms with Crippen molar-refractivity contribution in [3.63, 3.8) is 0 Å². The average molecular weight is 226 g/mol. The van der Waals surface area contributed by atoms with Crippen LogP contribution in [0.25, 0.3) is 0 Å². The molecule has 2 unspecified atom stereocenters. The monoisotopic (exact) mass is 226 g/mol. The lowest BCUT2D eigenvalue weighted by Crippen LogP contribution is -2.50. The summed E-state index contributed by atoms with van der Waals surface area (Å²) < 4.78 is 0. The van der Waals surface area contributed by atoms with Crippen LogP contribution >= 0.6 is 0 Å². The fourth-order valence-corrected chi connectivity index (χ4v) is 2.51. The Bertz CT molecular complexity index is 195. The van der Waals surface area contributed by atoms with Crippen LogP contribution in [-0.2, 0) is 0 Å². The number of rotatable bonds is 4. The molecule has 0 spiro atoms. The third kappa shape index (κ3) is 4.84. The van der Waals surface area contributed by atoms with Crippen molar-refractivity contribution < 1.29 is 0 Å². The van der Waals surface area contributed by atoms with Crippen LogP contribution in [0.2, 0.25) is 0 Å².